The van der Waals surface area contributed by atoms with Crippen molar-refractivity contribution in [3.8, 4) is 17.1 Å². The van der Waals surface area contributed by atoms with Crippen molar-refractivity contribution >= 4 is 58.4 Å². The van der Waals surface area contributed by atoms with Gasteiger partial charge in [-0.1, -0.05) is 39.8 Å². The Kier molecular flexibility index (Phi) is 15.5. The summed E-state index contributed by atoms with van der Waals surface area (Å²) in [6.07, 6.45) is -0.593. The molecule has 21 heteroatoms. The van der Waals surface area contributed by atoms with Crippen LogP contribution < -0.4 is 32.0 Å². The van der Waals surface area contributed by atoms with Crippen LogP contribution in [0.2, 0.25) is 0 Å². The maximum atomic E-state index is 13.7. The number of carbonyl (C=O) groups excluding carboxylic acids is 6. The number of cyclic esters (lactones) is 1. The number of aliphatic carboxylic acids is 1. The van der Waals surface area contributed by atoms with Crippen LogP contribution in [0.25, 0.3) is 22.3 Å². The molecule has 21 nitrogen and oxygen atoms in total. The highest BCUT2D eigenvalue weighted by molar-refractivity contribution is 5.98. The number of carboxylic acid groups (broad SMARTS) is 1. The SMILES string of the molecule is CCc1c2c(nc3ccc(OC(=O)N4CCN(C(=O)OCc5ccc(NC(=O)[C@H](CCCN)NC(=O)[C@@H](NC(=O)CCC(=O)O)C(C)C)cc5)CC4)cc13)-c1cc3c(c(=O)n1C2)COC(=O)[C@]3(O)CC. The van der Waals surface area contributed by atoms with Gasteiger partial charge in [-0.05, 0) is 85.7 Å². The standard InChI is InChI=1S/C49H58N8O13/c1-5-31-32-22-30(13-14-36(32)52-42-33(31)24-57-38(42)23-35-34(45(57)63)26-68-46(64)49(35,67)6-2)70-48(66)56-20-18-55(19-21-56)47(65)69-25-28-9-11-29(12-10-28)51-43(61)37(8-7-17-50)53-44(62)41(27(3)4)54-39(58)15-16-40(59)60/h9-14,22-23,27,37,41,67H,5-8,15-21,24-26,50H2,1-4H3,(H,51,61)(H,53,62)(H,54,58)(H,59,60)/t37-,41-,49-/m0/s1. The first-order chi connectivity index (χ1) is 33.5. The van der Waals surface area contributed by atoms with Gasteiger partial charge in [-0.2, -0.15) is 0 Å². The predicted octanol–water partition coefficient (Wildman–Crippen LogP) is 3.26. The Morgan fingerprint density at radius 1 is 0.900 bits per heavy atom. The number of ether oxygens (including phenoxy) is 3. The zero-order valence-electron chi connectivity index (χ0n) is 39.5. The van der Waals surface area contributed by atoms with Gasteiger partial charge < -0.3 is 60.5 Å². The fourth-order valence-corrected chi connectivity index (χ4v) is 8.85. The number of piperazine rings is 1. The topological polar surface area (TPSA) is 291 Å². The number of nitrogens with one attached hydrogen (secondary N) is 3. The Balaban J connectivity index is 0.904. The third-order valence-electron chi connectivity index (χ3n) is 12.9. The summed E-state index contributed by atoms with van der Waals surface area (Å²) in [6.45, 7) is 8.05. The minimum Gasteiger partial charge on any atom is -0.481 e. The second kappa shape index (κ2) is 21.5. The molecule has 1 fully saturated rings. The Labute approximate surface area is 402 Å². The van der Waals surface area contributed by atoms with Crippen molar-refractivity contribution in [2.45, 2.75) is 104 Å². The van der Waals surface area contributed by atoms with E-state index in [2.05, 4.69) is 16.0 Å². The van der Waals surface area contributed by atoms with Gasteiger partial charge in [0.1, 0.15) is 31.0 Å². The van der Waals surface area contributed by atoms with Gasteiger partial charge in [-0.15, -0.1) is 0 Å². The third kappa shape index (κ3) is 10.7. The molecule has 4 aromatic rings. The number of benzene rings is 2. The molecule has 0 radical (unpaired) electrons. The van der Waals surface area contributed by atoms with Crippen molar-refractivity contribution in [2.24, 2.45) is 11.7 Å². The van der Waals surface area contributed by atoms with Gasteiger partial charge in [0.15, 0.2) is 5.60 Å². The van der Waals surface area contributed by atoms with E-state index in [1.807, 2.05) is 6.92 Å². The number of esters is 1. The first kappa shape index (κ1) is 50.5. The highest BCUT2D eigenvalue weighted by Crippen LogP contribution is 2.41. The van der Waals surface area contributed by atoms with E-state index in [-0.39, 0.29) is 101 Å². The Morgan fingerprint density at radius 2 is 1.60 bits per heavy atom. The Hall–Kier alpha value is -7.39. The highest BCUT2D eigenvalue weighted by atomic mass is 16.6. The number of hydrogen-bond acceptors (Lipinski definition) is 14. The van der Waals surface area contributed by atoms with E-state index >= 15 is 0 Å². The van der Waals surface area contributed by atoms with E-state index in [4.69, 9.17) is 30.0 Å². The van der Waals surface area contributed by atoms with Gasteiger partial charge in [0.25, 0.3) is 5.56 Å². The van der Waals surface area contributed by atoms with Crippen LogP contribution >= 0.6 is 0 Å². The second-order valence-corrected chi connectivity index (χ2v) is 17.8. The van der Waals surface area contributed by atoms with E-state index in [0.29, 0.717) is 46.7 Å². The summed E-state index contributed by atoms with van der Waals surface area (Å²) >= 11 is 0. The molecule has 1 saturated heterocycles. The molecule has 2 aromatic carbocycles. The molecule has 372 valence electrons. The van der Waals surface area contributed by atoms with Gasteiger partial charge in [0.05, 0.1) is 35.4 Å². The number of aliphatic hydroxyl groups is 1. The molecule has 3 aliphatic heterocycles. The number of aryl methyl sites for hydroxylation is 1. The molecule has 0 bridgehead atoms. The number of carbonyl (C=O) groups is 7. The number of aromatic nitrogens is 2. The third-order valence-corrected chi connectivity index (χ3v) is 12.9. The quantitative estimate of drug-likeness (QED) is 0.0730. The summed E-state index contributed by atoms with van der Waals surface area (Å²) in [6, 6.07) is 11.4. The van der Waals surface area contributed by atoms with Gasteiger partial charge >= 0.3 is 24.1 Å². The summed E-state index contributed by atoms with van der Waals surface area (Å²) in [5.74, 6) is -3.70. The fraction of sp³-hybridized carbons (Fsp3) is 0.449. The van der Waals surface area contributed by atoms with E-state index < -0.39 is 59.5 Å². The van der Waals surface area contributed by atoms with Crippen molar-refractivity contribution in [3.05, 3.63) is 86.7 Å². The van der Waals surface area contributed by atoms with Crippen LogP contribution in [0.5, 0.6) is 5.75 Å². The molecule has 0 aliphatic carbocycles. The Morgan fingerprint density at radius 3 is 2.24 bits per heavy atom. The van der Waals surface area contributed by atoms with Gasteiger partial charge in [0.2, 0.25) is 17.7 Å². The fourth-order valence-electron chi connectivity index (χ4n) is 8.85. The second-order valence-electron chi connectivity index (χ2n) is 17.8. The molecular weight excluding hydrogens is 909 g/mol. The smallest absolute Gasteiger partial charge is 0.415 e. The van der Waals surface area contributed by atoms with Crippen molar-refractivity contribution in [1.29, 1.82) is 0 Å². The molecule has 0 saturated carbocycles. The lowest BCUT2D eigenvalue weighted by Gasteiger charge is -2.33. The number of rotatable bonds is 17. The number of pyridine rings is 2. The minimum absolute atomic E-state index is 0.0344. The van der Waals surface area contributed by atoms with Crippen LogP contribution in [0.4, 0.5) is 15.3 Å². The number of nitrogens with two attached hydrogens (primary N) is 1. The lowest BCUT2D eigenvalue weighted by molar-refractivity contribution is -0.172. The summed E-state index contributed by atoms with van der Waals surface area (Å²) in [4.78, 5) is 110. The Bertz CT molecular complexity index is 2770. The highest BCUT2D eigenvalue weighted by Gasteiger charge is 2.45. The molecule has 70 heavy (non-hydrogen) atoms. The normalized spacial score (nSPS) is 16.9. The van der Waals surface area contributed by atoms with Gasteiger partial charge in [-0.25, -0.2) is 19.4 Å². The molecule has 5 heterocycles. The van der Waals surface area contributed by atoms with Crippen LogP contribution in [-0.4, -0.2) is 116 Å². The molecule has 0 spiro atoms. The summed E-state index contributed by atoms with van der Waals surface area (Å²) in [5, 5.41) is 28.9. The average molecular weight is 967 g/mol. The molecule has 2 aromatic heterocycles. The molecule has 3 atom stereocenters. The van der Waals surface area contributed by atoms with E-state index in [1.54, 1.807) is 73.9 Å². The molecule has 0 unspecified atom stereocenters. The van der Waals surface area contributed by atoms with Crippen molar-refractivity contribution < 1.29 is 58.0 Å². The molecular formula is C49H58N8O13. The van der Waals surface area contributed by atoms with Gasteiger partial charge in [0, 0.05) is 54.8 Å². The minimum atomic E-state index is -1.94. The summed E-state index contributed by atoms with van der Waals surface area (Å²) in [5.41, 5.74) is 8.35. The van der Waals surface area contributed by atoms with Crippen molar-refractivity contribution in [1.82, 2.24) is 30.0 Å². The van der Waals surface area contributed by atoms with Crippen LogP contribution in [0, 0.1) is 5.92 Å². The number of carboxylic acids is 1. The number of anilines is 1. The largest absolute Gasteiger partial charge is 0.481 e. The molecule has 5 amide bonds. The van der Waals surface area contributed by atoms with Crippen LogP contribution in [0.3, 0.4) is 0 Å². The average Bonchev–Trinajstić information content (AvgIpc) is 3.72. The monoisotopic (exact) mass is 966 g/mol. The first-order valence-electron chi connectivity index (χ1n) is 23.4. The molecule has 7 N–H and O–H groups in total. The van der Waals surface area contributed by atoms with E-state index in [9.17, 15) is 43.5 Å². The van der Waals surface area contributed by atoms with Crippen molar-refractivity contribution in [2.75, 3.05) is 38.0 Å². The van der Waals surface area contributed by atoms with Gasteiger partial charge in [-0.3, -0.25) is 24.0 Å². The number of nitrogens with zero attached hydrogens (tertiary/aromatic N) is 4. The van der Waals surface area contributed by atoms with Crippen LogP contribution in [0.15, 0.2) is 53.3 Å². The summed E-state index contributed by atoms with van der Waals surface area (Å²) in [7, 11) is 0. The molecule has 7 rings (SSSR count). The predicted molar refractivity (Wildman–Crippen MR) is 252 cm³/mol. The van der Waals surface area contributed by atoms with Crippen molar-refractivity contribution in [3.63, 3.8) is 0 Å². The molecule has 3 aliphatic rings. The number of amides is 5. The zero-order chi connectivity index (χ0) is 50.4. The zero-order valence-corrected chi connectivity index (χ0v) is 39.5. The lowest BCUT2D eigenvalue weighted by atomic mass is 9.86. The van der Waals surface area contributed by atoms with Crippen LogP contribution in [0.1, 0.15) is 87.6 Å². The summed E-state index contributed by atoms with van der Waals surface area (Å²) < 4.78 is 18.2. The maximum Gasteiger partial charge on any atom is 0.415 e. The van der Waals surface area contributed by atoms with E-state index in [0.717, 1.165) is 16.5 Å². The number of hydrogen-bond donors (Lipinski definition) is 6. The maximum absolute atomic E-state index is 13.7. The van der Waals surface area contributed by atoms with Crippen LogP contribution in [-0.2, 0) is 65.2 Å². The first-order valence-corrected chi connectivity index (χ1v) is 23.4. The lowest BCUT2D eigenvalue weighted by Crippen LogP contribution is -2.54. The van der Waals surface area contributed by atoms with E-state index in [1.165, 1.54) is 9.80 Å². The number of fused-ring (bicyclic) bond motifs is 5.